The van der Waals surface area contributed by atoms with Crippen molar-refractivity contribution in [2.45, 2.75) is 70.4 Å². The summed E-state index contributed by atoms with van der Waals surface area (Å²) >= 11 is 0. The van der Waals surface area contributed by atoms with Crippen molar-refractivity contribution in [3.63, 3.8) is 0 Å². The molecule has 0 bridgehead atoms. The smallest absolute Gasteiger partial charge is 0.326 e. The van der Waals surface area contributed by atoms with Gasteiger partial charge in [0.1, 0.15) is 5.54 Å². The molecule has 2 aliphatic rings. The Morgan fingerprint density at radius 3 is 2.67 bits per heavy atom. The average Bonchev–Trinajstić information content (AvgIpc) is 3.22. The highest BCUT2D eigenvalue weighted by Gasteiger charge is 2.47. The first-order valence-corrected chi connectivity index (χ1v) is 7.47. The molecule has 3 atom stereocenters. The van der Waals surface area contributed by atoms with Crippen LogP contribution in [0, 0.1) is 11.8 Å². The second kappa shape index (κ2) is 5.60. The zero-order chi connectivity index (χ0) is 13.2. The lowest BCUT2D eigenvalue weighted by atomic mass is 9.73. The van der Waals surface area contributed by atoms with Crippen molar-refractivity contribution >= 4 is 5.97 Å². The van der Waals surface area contributed by atoms with E-state index in [-0.39, 0.29) is 5.97 Å². The van der Waals surface area contributed by atoms with Gasteiger partial charge in [0.25, 0.3) is 0 Å². The molecule has 1 N–H and O–H groups in total. The Morgan fingerprint density at radius 1 is 1.39 bits per heavy atom. The van der Waals surface area contributed by atoms with Gasteiger partial charge >= 0.3 is 5.97 Å². The molecule has 0 spiro atoms. The lowest BCUT2D eigenvalue weighted by Crippen LogP contribution is -2.58. The van der Waals surface area contributed by atoms with Gasteiger partial charge in [-0.25, -0.2) is 0 Å². The maximum atomic E-state index is 12.2. The van der Waals surface area contributed by atoms with E-state index in [1.165, 1.54) is 26.4 Å². The van der Waals surface area contributed by atoms with Gasteiger partial charge in [0, 0.05) is 6.04 Å². The van der Waals surface area contributed by atoms with E-state index < -0.39 is 5.54 Å². The van der Waals surface area contributed by atoms with Gasteiger partial charge in [-0.1, -0.05) is 19.8 Å². The summed E-state index contributed by atoms with van der Waals surface area (Å²) in [6.45, 7) is 4.31. The summed E-state index contributed by atoms with van der Waals surface area (Å²) in [7, 11) is 1.52. The predicted octanol–water partition coefficient (Wildman–Crippen LogP) is 2.89. The fourth-order valence-corrected chi connectivity index (χ4v) is 3.43. The quantitative estimate of drug-likeness (QED) is 0.766. The fraction of sp³-hybridized carbons (Fsp3) is 0.933. The monoisotopic (exact) mass is 253 g/mol. The maximum absolute atomic E-state index is 12.2. The summed E-state index contributed by atoms with van der Waals surface area (Å²) in [4.78, 5) is 12.2. The molecule has 2 rings (SSSR count). The lowest BCUT2D eigenvalue weighted by Gasteiger charge is -2.41. The Bertz CT molecular complexity index is 301. The molecule has 0 aliphatic heterocycles. The highest BCUT2D eigenvalue weighted by Crippen LogP contribution is 2.47. The molecular formula is C15H27NO2. The number of ether oxygens (including phenoxy) is 1. The van der Waals surface area contributed by atoms with Gasteiger partial charge in [0.15, 0.2) is 0 Å². The maximum Gasteiger partial charge on any atom is 0.326 e. The molecule has 0 heterocycles. The van der Waals surface area contributed by atoms with Gasteiger partial charge < -0.3 is 4.74 Å². The SMILES string of the molecule is CCC(C)NC1(C(=O)OC)CCCC(C2CC2)C1. The van der Waals surface area contributed by atoms with E-state index in [0.717, 1.165) is 37.5 Å². The molecular weight excluding hydrogens is 226 g/mol. The molecule has 0 radical (unpaired) electrons. The van der Waals surface area contributed by atoms with Crippen molar-refractivity contribution in [2.75, 3.05) is 7.11 Å². The van der Waals surface area contributed by atoms with Crippen LogP contribution in [0.2, 0.25) is 0 Å². The summed E-state index contributed by atoms with van der Waals surface area (Å²) < 4.78 is 5.09. The van der Waals surface area contributed by atoms with Crippen LogP contribution in [0.15, 0.2) is 0 Å². The molecule has 104 valence electrons. The fourth-order valence-electron chi connectivity index (χ4n) is 3.43. The summed E-state index contributed by atoms with van der Waals surface area (Å²) in [6.07, 6.45) is 8.15. The summed E-state index contributed by atoms with van der Waals surface area (Å²) in [5.74, 6) is 1.57. The number of hydrogen-bond donors (Lipinski definition) is 1. The van der Waals surface area contributed by atoms with Crippen molar-refractivity contribution in [3.05, 3.63) is 0 Å². The van der Waals surface area contributed by atoms with E-state index in [9.17, 15) is 4.79 Å². The molecule has 0 amide bonds. The van der Waals surface area contributed by atoms with E-state index in [2.05, 4.69) is 19.2 Å². The number of methoxy groups -OCH3 is 1. The van der Waals surface area contributed by atoms with Crippen molar-refractivity contribution in [1.82, 2.24) is 5.32 Å². The Labute approximate surface area is 111 Å². The zero-order valence-corrected chi connectivity index (χ0v) is 12.0. The van der Waals surface area contributed by atoms with E-state index in [0.29, 0.717) is 6.04 Å². The minimum Gasteiger partial charge on any atom is -0.468 e. The van der Waals surface area contributed by atoms with Crippen molar-refractivity contribution < 1.29 is 9.53 Å². The number of nitrogens with one attached hydrogen (secondary N) is 1. The molecule has 3 unspecified atom stereocenters. The normalized spacial score (nSPS) is 34.1. The van der Waals surface area contributed by atoms with Crippen LogP contribution in [0.1, 0.15) is 58.8 Å². The third-order valence-electron chi connectivity index (χ3n) is 4.79. The molecule has 3 heteroatoms. The van der Waals surface area contributed by atoms with Gasteiger partial charge in [-0.2, -0.15) is 0 Å². The van der Waals surface area contributed by atoms with Crippen molar-refractivity contribution in [3.8, 4) is 0 Å². The van der Waals surface area contributed by atoms with E-state index in [1.807, 2.05) is 0 Å². The van der Waals surface area contributed by atoms with Crippen LogP contribution in [-0.2, 0) is 9.53 Å². The molecule has 2 fully saturated rings. The minimum absolute atomic E-state index is 0.0480. The Kier molecular flexibility index (Phi) is 4.31. The molecule has 0 aromatic heterocycles. The lowest BCUT2D eigenvalue weighted by molar-refractivity contribution is -0.151. The second-order valence-corrected chi connectivity index (χ2v) is 6.22. The van der Waals surface area contributed by atoms with Crippen molar-refractivity contribution in [2.24, 2.45) is 11.8 Å². The standard InChI is InChI=1S/C15H27NO2/c1-4-11(2)16-15(14(17)18-3)9-5-6-13(10-15)12-7-8-12/h11-13,16H,4-10H2,1-3H3. The molecule has 0 saturated heterocycles. The van der Waals surface area contributed by atoms with Crippen LogP contribution in [0.3, 0.4) is 0 Å². The summed E-state index contributed by atoms with van der Waals surface area (Å²) in [6, 6.07) is 0.377. The van der Waals surface area contributed by atoms with Crippen molar-refractivity contribution in [1.29, 1.82) is 0 Å². The largest absolute Gasteiger partial charge is 0.468 e. The number of carbonyl (C=O) groups excluding carboxylic acids is 1. The van der Waals surface area contributed by atoms with Crippen LogP contribution >= 0.6 is 0 Å². The molecule has 2 saturated carbocycles. The van der Waals surface area contributed by atoms with Crippen LogP contribution in [-0.4, -0.2) is 24.7 Å². The van der Waals surface area contributed by atoms with Gasteiger partial charge in [-0.15, -0.1) is 0 Å². The second-order valence-electron chi connectivity index (χ2n) is 6.22. The third-order valence-corrected chi connectivity index (χ3v) is 4.79. The molecule has 0 aromatic carbocycles. The topological polar surface area (TPSA) is 38.3 Å². The van der Waals surface area contributed by atoms with E-state index in [4.69, 9.17) is 4.74 Å². The van der Waals surface area contributed by atoms with Gasteiger partial charge in [-0.3, -0.25) is 10.1 Å². The van der Waals surface area contributed by atoms with Crippen LogP contribution in [0.4, 0.5) is 0 Å². The van der Waals surface area contributed by atoms with Crippen LogP contribution in [0.25, 0.3) is 0 Å². The first-order valence-electron chi connectivity index (χ1n) is 7.47. The molecule has 18 heavy (non-hydrogen) atoms. The minimum atomic E-state index is -0.407. The van der Waals surface area contributed by atoms with Gasteiger partial charge in [0.2, 0.25) is 0 Å². The van der Waals surface area contributed by atoms with Gasteiger partial charge in [-0.05, 0) is 50.9 Å². The summed E-state index contributed by atoms with van der Waals surface area (Å²) in [5, 5.41) is 3.57. The Hall–Kier alpha value is -0.570. The first kappa shape index (κ1) is 13.9. The van der Waals surface area contributed by atoms with E-state index >= 15 is 0 Å². The number of esters is 1. The summed E-state index contributed by atoms with van der Waals surface area (Å²) in [5.41, 5.74) is -0.407. The number of carbonyl (C=O) groups is 1. The third kappa shape index (κ3) is 2.87. The predicted molar refractivity (Wildman–Crippen MR) is 72.3 cm³/mol. The Morgan fingerprint density at radius 2 is 2.11 bits per heavy atom. The number of hydrogen-bond acceptors (Lipinski definition) is 3. The van der Waals surface area contributed by atoms with E-state index in [1.54, 1.807) is 0 Å². The zero-order valence-electron chi connectivity index (χ0n) is 12.0. The van der Waals surface area contributed by atoms with Gasteiger partial charge in [0.05, 0.1) is 7.11 Å². The highest BCUT2D eigenvalue weighted by molar-refractivity contribution is 5.81. The number of rotatable bonds is 5. The highest BCUT2D eigenvalue weighted by atomic mass is 16.5. The van der Waals surface area contributed by atoms with Crippen LogP contribution < -0.4 is 5.32 Å². The Balaban J connectivity index is 2.09. The average molecular weight is 253 g/mol. The molecule has 2 aliphatic carbocycles. The first-order chi connectivity index (χ1) is 8.61. The molecule has 3 nitrogen and oxygen atoms in total. The van der Waals surface area contributed by atoms with Crippen LogP contribution in [0.5, 0.6) is 0 Å². The molecule has 0 aromatic rings.